The Kier molecular flexibility index (Phi) is 3.12. The predicted molar refractivity (Wildman–Crippen MR) is 57.9 cm³/mol. The highest BCUT2D eigenvalue weighted by Crippen LogP contribution is 2.36. The van der Waals surface area contributed by atoms with E-state index >= 15 is 0 Å². The lowest BCUT2D eigenvalue weighted by molar-refractivity contribution is -0.0282. The first-order valence-electron chi connectivity index (χ1n) is 4.75. The molecule has 0 aliphatic carbocycles. The zero-order valence-electron chi connectivity index (χ0n) is 7.94. The third-order valence-corrected chi connectivity index (χ3v) is 3.96. The van der Waals surface area contributed by atoms with Crippen molar-refractivity contribution in [2.45, 2.75) is 38.1 Å². The van der Waals surface area contributed by atoms with E-state index in [-0.39, 0.29) is 12.2 Å². The summed E-state index contributed by atoms with van der Waals surface area (Å²) in [6, 6.07) is 1.81. The Hall–Kier alpha value is -0.0900. The van der Waals surface area contributed by atoms with Gasteiger partial charge in [0.15, 0.2) is 0 Å². The minimum atomic E-state index is -0.563. The summed E-state index contributed by atoms with van der Waals surface area (Å²) in [4.78, 5) is 0.825. The second-order valence-corrected chi connectivity index (χ2v) is 5.00. The van der Waals surface area contributed by atoms with Crippen molar-refractivity contribution >= 4 is 22.9 Å². The van der Waals surface area contributed by atoms with Crippen LogP contribution in [0.3, 0.4) is 0 Å². The highest BCUT2D eigenvalue weighted by Gasteiger charge is 2.30. The Labute approximate surface area is 92.5 Å². The molecular formula is C10H13ClO2S. The van der Waals surface area contributed by atoms with Crippen LogP contribution >= 0.6 is 22.9 Å². The first-order chi connectivity index (χ1) is 6.68. The fourth-order valence-corrected chi connectivity index (χ4v) is 2.96. The minimum Gasteiger partial charge on any atom is -0.385 e. The van der Waals surface area contributed by atoms with Gasteiger partial charge in [0.25, 0.3) is 0 Å². The summed E-state index contributed by atoms with van der Waals surface area (Å²) in [7, 11) is 0. The summed E-state index contributed by atoms with van der Waals surface area (Å²) in [5.74, 6) is 0. The van der Waals surface area contributed by atoms with E-state index in [1.807, 2.05) is 18.4 Å². The lowest BCUT2D eigenvalue weighted by Crippen LogP contribution is -2.17. The average molecular weight is 233 g/mol. The molecule has 2 nitrogen and oxygen atoms in total. The van der Waals surface area contributed by atoms with Crippen molar-refractivity contribution < 1.29 is 9.84 Å². The molecule has 0 spiro atoms. The number of aliphatic hydroxyl groups excluding tert-OH is 1. The van der Waals surface area contributed by atoms with Crippen LogP contribution in [-0.2, 0) is 4.74 Å². The van der Waals surface area contributed by atoms with Crippen LogP contribution in [0.2, 0.25) is 5.02 Å². The zero-order valence-corrected chi connectivity index (χ0v) is 9.52. The van der Waals surface area contributed by atoms with Gasteiger partial charge in [0.1, 0.15) is 6.10 Å². The monoisotopic (exact) mass is 232 g/mol. The van der Waals surface area contributed by atoms with E-state index in [0.29, 0.717) is 5.02 Å². The summed E-state index contributed by atoms with van der Waals surface area (Å²) in [6.07, 6.45) is 1.54. The van der Waals surface area contributed by atoms with E-state index in [1.165, 1.54) is 11.3 Å². The molecule has 0 bridgehead atoms. The van der Waals surface area contributed by atoms with Gasteiger partial charge in [0, 0.05) is 0 Å². The fourth-order valence-electron chi connectivity index (χ4n) is 1.75. The van der Waals surface area contributed by atoms with Crippen LogP contribution in [0.25, 0.3) is 0 Å². The molecule has 1 N–H and O–H groups in total. The summed E-state index contributed by atoms with van der Waals surface area (Å²) < 4.78 is 5.60. The maximum absolute atomic E-state index is 10.0. The van der Waals surface area contributed by atoms with Gasteiger partial charge in [-0.3, -0.25) is 0 Å². The number of thiophene rings is 1. The van der Waals surface area contributed by atoms with Gasteiger partial charge in [-0.15, -0.1) is 11.3 Å². The molecule has 3 atom stereocenters. The van der Waals surface area contributed by atoms with Gasteiger partial charge in [0.2, 0.25) is 0 Å². The third-order valence-electron chi connectivity index (χ3n) is 2.53. The molecule has 2 rings (SSSR count). The van der Waals surface area contributed by atoms with Crippen molar-refractivity contribution in [3.05, 3.63) is 21.3 Å². The molecule has 4 heteroatoms. The van der Waals surface area contributed by atoms with E-state index in [1.54, 1.807) is 0 Å². The number of hydrogen-bond donors (Lipinski definition) is 1. The van der Waals surface area contributed by atoms with Crippen molar-refractivity contribution in [3.8, 4) is 0 Å². The van der Waals surface area contributed by atoms with Crippen molar-refractivity contribution in [2.24, 2.45) is 0 Å². The lowest BCUT2D eigenvalue weighted by Gasteiger charge is -2.17. The number of aliphatic hydroxyl groups is 1. The number of hydrogen-bond acceptors (Lipinski definition) is 3. The number of rotatable bonds is 2. The Bertz CT molecular complexity index is 313. The van der Waals surface area contributed by atoms with Crippen LogP contribution in [0, 0.1) is 0 Å². The highest BCUT2D eigenvalue weighted by atomic mass is 35.5. The smallest absolute Gasteiger partial charge is 0.116 e. The molecule has 14 heavy (non-hydrogen) atoms. The van der Waals surface area contributed by atoms with Crippen LogP contribution in [0.4, 0.5) is 0 Å². The minimum absolute atomic E-state index is 0.0823. The second kappa shape index (κ2) is 4.19. The number of halogens is 1. The first-order valence-corrected chi connectivity index (χ1v) is 6.00. The van der Waals surface area contributed by atoms with Gasteiger partial charge in [-0.05, 0) is 31.2 Å². The van der Waals surface area contributed by atoms with E-state index in [9.17, 15) is 5.11 Å². The van der Waals surface area contributed by atoms with Gasteiger partial charge in [-0.2, -0.15) is 0 Å². The van der Waals surface area contributed by atoms with Crippen LogP contribution in [0.1, 0.15) is 30.7 Å². The number of ether oxygens (including phenoxy) is 1. The van der Waals surface area contributed by atoms with E-state index in [0.717, 1.165) is 17.7 Å². The SMILES string of the molecule is CC1CCC(C(O)c2sccc2Cl)O1. The summed E-state index contributed by atoms with van der Waals surface area (Å²) in [6.45, 7) is 2.03. The molecule has 1 saturated heterocycles. The second-order valence-electron chi connectivity index (χ2n) is 3.64. The summed E-state index contributed by atoms with van der Waals surface area (Å²) in [5, 5.41) is 12.5. The Morgan fingerprint density at radius 2 is 2.43 bits per heavy atom. The van der Waals surface area contributed by atoms with Crippen molar-refractivity contribution in [1.82, 2.24) is 0 Å². The van der Waals surface area contributed by atoms with E-state index in [4.69, 9.17) is 16.3 Å². The molecule has 2 heterocycles. The fraction of sp³-hybridized carbons (Fsp3) is 0.600. The Morgan fingerprint density at radius 1 is 1.64 bits per heavy atom. The molecule has 3 unspecified atom stereocenters. The van der Waals surface area contributed by atoms with Crippen LogP contribution < -0.4 is 0 Å². The molecule has 0 aromatic carbocycles. The molecule has 1 aromatic rings. The van der Waals surface area contributed by atoms with Gasteiger partial charge >= 0.3 is 0 Å². The Morgan fingerprint density at radius 3 is 2.93 bits per heavy atom. The highest BCUT2D eigenvalue weighted by molar-refractivity contribution is 7.10. The average Bonchev–Trinajstić information content (AvgIpc) is 2.73. The molecule has 0 radical (unpaired) electrons. The molecule has 1 aliphatic heterocycles. The Balaban J connectivity index is 2.09. The molecular weight excluding hydrogens is 220 g/mol. The van der Waals surface area contributed by atoms with E-state index in [2.05, 4.69) is 0 Å². The first kappa shape index (κ1) is 10.4. The zero-order chi connectivity index (χ0) is 10.1. The molecule has 0 saturated carbocycles. The molecule has 1 aromatic heterocycles. The van der Waals surface area contributed by atoms with Gasteiger partial charge in [-0.25, -0.2) is 0 Å². The van der Waals surface area contributed by atoms with Gasteiger partial charge in [-0.1, -0.05) is 11.6 Å². The topological polar surface area (TPSA) is 29.5 Å². The van der Waals surface area contributed by atoms with E-state index < -0.39 is 6.10 Å². The standard InChI is InChI=1S/C10H13ClO2S/c1-6-2-3-8(13-6)9(12)10-7(11)4-5-14-10/h4-6,8-9,12H,2-3H2,1H3. The summed E-state index contributed by atoms with van der Waals surface area (Å²) >= 11 is 7.43. The summed E-state index contributed by atoms with van der Waals surface area (Å²) in [5.41, 5.74) is 0. The van der Waals surface area contributed by atoms with Gasteiger partial charge < -0.3 is 9.84 Å². The third kappa shape index (κ3) is 1.96. The predicted octanol–water partition coefficient (Wildman–Crippen LogP) is 3.00. The maximum atomic E-state index is 10.0. The van der Waals surface area contributed by atoms with Crippen molar-refractivity contribution in [2.75, 3.05) is 0 Å². The molecule has 78 valence electrons. The van der Waals surface area contributed by atoms with Crippen molar-refractivity contribution in [1.29, 1.82) is 0 Å². The van der Waals surface area contributed by atoms with Crippen LogP contribution in [-0.4, -0.2) is 17.3 Å². The molecule has 0 amide bonds. The lowest BCUT2D eigenvalue weighted by atomic mass is 10.1. The quantitative estimate of drug-likeness (QED) is 0.850. The van der Waals surface area contributed by atoms with Crippen LogP contribution in [0.15, 0.2) is 11.4 Å². The van der Waals surface area contributed by atoms with Crippen molar-refractivity contribution in [3.63, 3.8) is 0 Å². The van der Waals surface area contributed by atoms with Crippen LogP contribution in [0.5, 0.6) is 0 Å². The molecule has 1 aliphatic rings. The maximum Gasteiger partial charge on any atom is 0.116 e. The normalized spacial score (nSPS) is 29.4. The molecule has 1 fully saturated rings. The largest absolute Gasteiger partial charge is 0.385 e. The van der Waals surface area contributed by atoms with Gasteiger partial charge in [0.05, 0.1) is 22.1 Å².